The van der Waals surface area contributed by atoms with Gasteiger partial charge in [-0.3, -0.25) is 4.79 Å². The minimum Gasteiger partial charge on any atom is -0.462 e. The first-order valence-corrected chi connectivity index (χ1v) is 9.78. The lowest BCUT2D eigenvalue weighted by Gasteiger charge is -2.19. The van der Waals surface area contributed by atoms with E-state index in [9.17, 15) is 9.59 Å². The van der Waals surface area contributed by atoms with Crippen LogP contribution in [0.5, 0.6) is 0 Å². The Labute approximate surface area is 164 Å². The minimum atomic E-state index is -0.361. The van der Waals surface area contributed by atoms with Crippen LogP contribution in [0.1, 0.15) is 47.7 Å². The fourth-order valence-corrected chi connectivity index (χ4v) is 4.00. The number of rotatable bonds is 5. The maximum absolute atomic E-state index is 12.9. The Hall–Kier alpha value is -3.08. The molecular formula is C23H24N2O3. The number of amides is 1. The Morgan fingerprint density at radius 1 is 1.21 bits per heavy atom. The molecule has 2 aromatic carbocycles. The zero-order valence-electron chi connectivity index (χ0n) is 16.2. The van der Waals surface area contributed by atoms with Crippen molar-refractivity contribution in [3.63, 3.8) is 0 Å². The van der Waals surface area contributed by atoms with E-state index in [1.807, 2.05) is 30.5 Å². The number of nitrogens with zero attached hydrogens (tertiary/aromatic N) is 1. The second-order valence-corrected chi connectivity index (χ2v) is 7.12. The van der Waals surface area contributed by atoms with Crippen molar-refractivity contribution in [1.29, 1.82) is 0 Å². The van der Waals surface area contributed by atoms with Crippen LogP contribution >= 0.6 is 0 Å². The van der Waals surface area contributed by atoms with Crippen molar-refractivity contribution in [1.82, 2.24) is 4.98 Å². The molecule has 144 valence electrons. The molecule has 1 unspecified atom stereocenters. The molecular weight excluding hydrogens is 352 g/mol. The molecule has 1 aliphatic heterocycles. The number of fused-ring (bicyclic) bond motifs is 1. The van der Waals surface area contributed by atoms with E-state index in [0.29, 0.717) is 25.1 Å². The zero-order valence-corrected chi connectivity index (χ0v) is 16.2. The highest BCUT2D eigenvalue weighted by atomic mass is 16.5. The van der Waals surface area contributed by atoms with Crippen molar-refractivity contribution in [3.05, 3.63) is 65.4 Å². The third-order valence-corrected chi connectivity index (χ3v) is 5.43. The average molecular weight is 376 g/mol. The van der Waals surface area contributed by atoms with Crippen LogP contribution in [0.25, 0.3) is 10.9 Å². The number of carbonyl (C=O) groups is 2. The summed E-state index contributed by atoms with van der Waals surface area (Å²) in [7, 11) is 0. The third kappa shape index (κ3) is 3.17. The van der Waals surface area contributed by atoms with E-state index < -0.39 is 0 Å². The first-order valence-electron chi connectivity index (χ1n) is 9.78. The number of aromatic nitrogens is 1. The lowest BCUT2D eigenvalue weighted by atomic mass is 9.98. The number of H-pyrrole nitrogens is 1. The molecule has 0 bridgehead atoms. The average Bonchev–Trinajstić information content (AvgIpc) is 3.31. The van der Waals surface area contributed by atoms with Crippen LogP contribution in [0.4, 0.5) is 5.69 Å². The standard InChI is InChI=1S/C23H24N2O3/c1-3-15-13-24-22-19(15)10-17(23(27)28-4-2)11-20(22)25-14-18(12-21(25)26)16-8-6-5-7-9-16/h5-11,13,18,24H,3-4,12,14H2,1-2H3. The Kier molecular flexibility index (Phi) is 4.90. The van der Waals surface area contributed by atoms with Crippen LogP contribution in [0.15, 0.2) is 48.7 Å². The molecule has 1 N–H and O–H groups in total. The fourth-order valence-electron chi connectivity index (χ4n) is 4.00. The minimum absolute atomic E-state index is 0.0730. The van der Waals surface area contributed by atoms with Gasteiger partial charge in [0.15, 0.2) is 0 Å². The summed E-state index contributed by atoms with van der Waals surface area (Å²) in [6.45, 7) is 4.79. The number of carbonyl (C=O) groups excluding carboxylic acids is 2. The maximum atomic E-state index is 12.9. The fraction of sp³-hybridized carbons (Fsp3) is 0.304. The summed E-state index contributed by atoms with van der Waals surface area (Å²) in [6.07, 6.45) is 3.26. The van der Waals surface area contributed by atoms with Crippen LogP contribution in [0, 0.1) is 0 Å². The summed E-state index contributed by atoms with van der Waals surface area (Å²) in [5.41, 5.74) is 4.41. The summed E-state index contributed by atoms with van der Waals surface area (Å²) >= 11 is 0. The molecule has 28 heavy (non-hydrogen) atoms. The van der Waals surface area contributed by atoms with Gasteiger partial charge in [-0.05, 0) is 36.6 Å². The van der Waals surface area contributed by atoms with Gasteiger partial charge in [0.05, 0.1) is 23.4 Å². The van der Waals surface area contributed by atoms with Crippen molar-refractivity contribution in [2.24, 2.45) is 0 Å². The molecule has 0 spiro atoms. The van der Waals surface area contributed by atoms with Gasteiger partial charge in [-0.15, -0.1) is 0 Å². The highest BCUT2D eigenvalue weighted by Crippen LogP contribution is 2.37. The topological polar surface area (TPSA) is 62.4 Å². The number of aryl methyl sites for hydroxylation is 1. The molecule has 1 aromatic heterocycles. The van der Waals surface area contributed by atoms with Crippen LogP contribution in [-0.2, 0) is 16.0 Å². The van der Waals surface area contributed by atoms with Crippen molar-refractivity contribution in [2.45, 2.75) is 32.6 Å². The molecule has 2 heterocycles. The molecule has 0 saturated carbocycles. The molecule has 1 fully saturated rings. The van der Waals surface area contributed by atoms with Crippen molar-refractivity contribution in [3.8, 4) is 0 Å². The summed E-state index contributed by atoms with van der Waals surface area (Å²) < 4.78 is 5.21. The van der Waals surface area contributed by atoms with E-state index in [0.717, 1.165) is 34.1 Å². The molecule has 0 aliphatic carbocycles. The zero-order chi connectivity index (χ0) is 19.7. The van der Waals surface area contributed by atoms with E-state index in [1.54, 1.807) is 17.9 Å². The molecule has 1 aliphatic rings. The molecule has 4 rings (SSSR count). The van der Waals surface area contributed by atoms with Crippen molar-refractivity contribution in [2.75, 3.05) is 18.1 Å². The van der Waals surface area contributed by atoms with E-state index in [1.165, 1.54) is 0 Å². The van der Waals surface area contributed by atoms with Crippen molar-refractivity contribution < 1.29 is 14.3 Å². The van der Waals surface area contributed by atoms with Gasteiger partial charge < -0.3 is 14.6 Å². The van der Waals surface area contributed by atoms with E-state index in [2.05, 4.69) is 24.0 Å². The quantitative estimate of drug-likeness (QED) is 0.670. The SMILES string of the molecule is CCOC(=O)c1cc(N2CC(c3ccccc3)CC2=O)c2[nH]cc(CC)c2c1. The van der Waals surface area contributed by atoms with Gasteiger partial charge in [-0.2, -0.15) is 0 Å². The third-order valence-electron chi connectivity index (χ3n) is 5.43. The Morgan fingerprint density at radius 3 is 2.71 bits per heavy atom. The predicted octanol–water partition coefficient (Wildman–Crippen LogP) is 4.43. The smallest absolute Gasteiger partial charge is 0.338 e. The molecule has 3 aromatic rings. The number of anilines is 1. The highest BCUT2D eigenvalue weighted by Gasteiger charge is 2.33. The maximum Gasteiger partial charge on any atom is 0.338 e. The van der Waals surface area contributed by atoms with Crippen LogP contribution in [-0.4, -0.2) is 30.0 Å². The molecule has 5 nitrogen and oxygen atoms in total. The normalized spacial score (nSPS) is 16.7. The second kappa shape index (κ2) is 7.50. The number of hydrogen-bond acceptors (Lipinski definition) is 3. The number of benzene rings is 2. The van der Waals surface area contributed by atoms with Crippen LogP contribution < -0.4 is 4.90 Å². The van der Waals surface area contributed by atoms with Crippen LogP contribution in [0.2, 0.25) is 0 Å². The van der Waals surface area contributed by atoms with E-state index in [-0.39, 0.29) is 17.8 Å². The number of aromatic amines is 1. The van der Waals surface area contributed by atoms with E-state index in [4.69, 9.17) is 4.74 Å². The molecule has 5 heteroatoms. The number of esters is 1. The number of ether oxygens (including phenoxy) is 1. The first kappa shape index (κ1) is 18.3. The van der Waals surface area contributed by atoms with Crippen molar-refractivity contribution >= 4 is 28.5 Å². The van der Waals surface area contributed by atoms with Gasteiger partial charge >= 0.3 is 5.97 Å². The number of nitrogens with one attached hydrogen (secondary N) is 1. The lowest BCUT2D eigenvalue weighted by molar-refractivity contribution is -0.117. The Morgan fingerprint density at radius 2 is 2.00 bits per heavy atom. The second-order valence-electron chi connectivity index (χ2n) is 7.12. The number of hydrogen-bond donors (Lipinski definition) is 1. The van der Waals surface area contributed by atoms with E-state index >= 15 is 0 Å². The first-order chi connectivity index (χ1) is 13.6. The molecule has 1 atom stereocenters. The lowest BCUT2D eigenvalue weighted by Crippen LogP contribution is -2.25. The van der Waals surface area contributed by atoms with Gasteiger partial charge in [0.2, 0.25) is 5.91 Å². The Balaban J connectivity index is 1.78. The molecule has 1 saturated heterocycles. The van der Waals surface area contributed by atoms with Crippen LogP contribution in [0.3, 0.4) is 0 Å². The summed E-state index contributed by atoms with van der Waals surface area (Å²) in [5.74, 6) is -0.139. The van der Waals surface area contributed by atoms with Gasteiger partial charge in [0, 0.05) is 30.5 Å². The Bertz CT molecular complexity index is 1020. The summed E-state index contributed by atoms with van der Waals surface area (Å²) in [6, 6.07) is 13.8. The van der Waals surface area contributed by atoms with Gasteiger partial charge in [-0.1, -0.05) is 37.3 Å². The summed E-state index contributed by atoms with van der Waals surface area (Å²) in [5, 5.41) is 0.971. The molecule has 1 amide bonds. The largest absolute Gasteiger partial charge is 0.462 e. The highest BCUT2D eigenvalue weighted by molar-refractivity contribution is 6.08. The predicted molar refractivity (Wildman–Crippen MR) is 110 cm³/mol. The van der Waals surface area contributed by atoms with Gasteiger partial charge in [0.1, 0.15) is 0 Å². The summed E-state index contributed by atoms with van der Waals surface area (Å²) in [4.78, 5) is 30.4. The van der Waals surface area contributed by atoms with Gasteiger partial charge in [-0.25, -0.2) is 4.79 Å². The van der Waals surface area contributed by atoms with Gasteiger partial charge in [0.25, 0.3) is 0 Å². The monoisotopic (exact) mass is 376 g/mol. The molecule has 0 radical (unpaired) electrons.